The van der Waals surface area contributed by atoms with Gasteiger partial charge in [0.15, 0.2) is 11.5 Å². The van der Waals surface area contributed by atoms with Crippen molar-refractivity contribution in [2.45, 2.75) is 18.6 Å². The van der Waals surface area contributed by atoms with Crippen molar-refractivity contribution in [3.05, 3.63) is 29.3 Å². The number of aliphatic hydroxyl groups is 2. The van der Waals surface area contributed by atoms with Crippen molar-refractivity contribution in [1.29, 1.82) is 5.26 Å². The van der Waals surface area contributed by atoms with Gasteiger partial charge in [-0.3, -0.25) is 0 Å². The molecule has 0 amide bonds. The van der Waals surface area contributed by atoms with Gasteiger partial charge >= 0.3 is 0 Å². The van der Waals surface area contributed by atoms with E-state index in [4.69, 9.17) is 11.0 Å². The molecule has 0 spiro atoms. The molecule has 0 aromatic carbocycles. The minimum Gasteiger partial charge on any atom is -0.390 e. The molecule has 6 heteroatoms. The quantitative estimate of drug-likeness (QED) is 0.660. The monoisotopic (exact) mass is 225 g/mol. The van der Waals surface area contributed by atoms with E-state index in [1.807, 2.05) is 0 Å². The van der Waals surface area contributed by atoms with Gasteiger partial charge < -0.3 is 15.9 Å². The molecule has 0 aliphatic rings. The molecule has 2 atom stereocenters. The molecule has 0 fully saturated rings. The highest BCUT2D eigenvalue weighted by Gasteiger charge is 2.19. The number of hydrogen-bond donors (Lipinski definition) is 3. The van der Waals surface area contributed by atoms with Crippen LogP contribution < -0.4 is 5.73 Å². The maximum atomic E-state index is 13.2. The summed E-state index contributed by atoms with van der Waals surface area (Å²) in [6, 6.07) is 2.55. The van der Waals surface area contributed by atoms with E-state index in [-0.39, 0.29) is 24.2 Å². The summed E-state index contributed by atoms with van der Waals surface area (Å²) in [4.78, 5) is 3.52. The van der Waals surface area contributed by atoms with Crippen molar-refractivity contribution < 1.29 is 14.6 Å². The van der Waals surface area contributed by atoms with Gasteiger partial charge in [0.25, 0.3) is 0 Å². The molecule has 0 aliphatic heterocycles. The van der Waals surface area contributed by atoms with Crippen LogP contribution in [0.1, 0.15) is 23.8 Å². The summed E-state index contributed by atoms with van der Waals surface area (Å²) in [5, 5.41) is 27.5. The molecular formula is C10H12FN3O2. The molecule has 1 rings (SSSR count). The summed E-state index contributed by atoms with van der Waals surface area (Å²) >= 11 is 0. The average molecular weight is 225 g/mol. The van der Waals surface area contributed by atoms with Crippen molar-refractivity contribution in [3.63, 3.8) is 0 Å². The Bertz CT molecular complexity index is 406. The zero-order chi connectivity index (χ0) is 12.1. The van der Waals surface area contributed by atoms with Crippen LogP contribution in [0.15, 0.2) is 12.3 Å². The van der Waals surface area contributed by atoms with E-state index in [2.05, 4.69) is 4.98 Å². The van der Waals surface area contributed by atoms with E-state index < -0.39 is 18.0 Å². The Morgan fingerprint density at radius 2 is 2.25 bits per heavy atom. The summed E-state index contributed by atoms with van der Waals surface area (Å²) in [6.07, 6.45) is -0.966. The Labute approximate surface area is 92.0 Å². The molecule has 1 aromatic rings. The van der Waals surface area contributed by atoms with Crippen molar-refractivity contribution >= 4 is 0 Å². The molecule has 1 aromatic heterocycles. The first-order valence-electron chi connectivity index (χ1n) is 4.72. The van der Waals surface area contributed by atoms with Gasteiger partial charge in [0.05, 0.1) is 6.10 Å². The molecular weight excluding hydrogens is 213 g/mol. The third-order valence-corrected chi connectivity index (χ3v) is 2.14. The van der Waals surface area contributed by atoms with Crippen molar-refractivity contribution in [2.24, 2.45) is 5.73 Å². The molecule has 0 saturated carbocycles. The van der Waals surface area contributed by atoms with Crippen LogP contribution in [0.5, 0.6) is 0 Å². The minimum atomic E-state index is -1.25. The highest BCUT2D eigenvalue weighted by molar-refractivity contribution is 5.26. The van der Waals surface area contributed by atoms with Crippen LogP contribution in [0.2, 0.25) is 0 Å². The van der Waals surface area contributed by atoms with E-state index in [0.717, 1.165) is 12.3 Å². The van der Waals surface area contributed by atoms with Gasteiger partial charge in [0.1, 0.15) is 12.2 Å². The van der Waals surface area contributed by atoms with Crippen LogP contribution in [0.4, 0.5) is 4.39 Å². The van der Waals surface area contributed by atoms with Crippen LogP contribution in [-0.4, -0.2) is 27.8 Å². The van der Waals surface area contributed by atoms with Crippen LogP contribution in [0, 0.1) is 17.1 Å². The van der Waals surface area contributed by atoms with E-state index in [1.165, 1.54) is 0 Å². The SMILES string of the molecule is N#Cc1ncc(C(O)C(O)CCN)cc1F. The Balaban J connectivity index is 2.89. The lowest BCUT2D eigenvalue weighted by Gasteiger charge is -2.17. The Hall–Kier alpha value is -1.55. The van der Waals surface area contributed by atoms with Gasteiger partial charge in [-0.2, -0.15) is 5.26 Å². The number of rotatable bonds is 4. The van der Waals surface area contributed by atoms with Gasteiger partial charge in [-0.05, 0) is 19.0 Å². The number of nitrogens with zero attached hydrogens (tertiary/aromatic N) is 2. The highest BCUT2D eigenvalue weighted by Crippen LogP contribution is 2.19. The zero-order valence-electron chi connectivity index (χ0n) is 8.47. The third kappa shape index (κ3) is 2.73. The van der Waals surface area contributed by atoms with Gasteiger partial charge in [0.2, 0.25) is 0 Å². The summed E-state index contributed by atoms with van der Waals surface area (Å²) in [7, 11) is 0. The number of hydrogen-bond acceptors (Lipinski definition) is 5. The van der Waals surface area contributed by atoms with Crippen molar-refractivity contribution in [2.75, 3.05) is 6.54 Å². The number of nitrogens with two attached hydrogens (primary N) is 1. The van der Waals surface area contributed by atoms with Crippen LogP contribution in [0.25, 0.3) is 0 Å². The number of halogens is 1. The Morgan fingerprint density at radius 1 is 1.56 bits per heavy atom. The number of nitriles is 1. The predicted molar refractivity (Wildman–Crippen MR) is 53.5 cm³/mol. The van der Waals surface area contributed by atoms with E-state index in [0.29, 0.717) is 0 Å². The molecule has 16 heavy (non-hydrogen) atoms. The van der Waals surface area contributed by atoms with E-state index >= 15 is 0 Å². The molecule has 1 heterocycles. The fraction of sp³-hybridized carbons (Fsp3) is 0.400. The second-order valence-electron chi connectivity index (χ2n) is 3.30. The maximum absolute atomic E-state index is 13.2. The first-order chi connectivity index (χ1) is 7.60. The number of aromatic nitrogens is 1. The molecule has 5 nitrogen and oxygen atoms in total. The van der Waals surface area contributed by atoms with Crippen LogP contribution in [0.3, 0.4) is 0 Å². The standard InChI is InChI=1S/C10H12FN3O2/c11-7-3-6(5-14-8(7)4-13)10(16)9(15)1-2-12/h3,5,9-10,15-16H,1-2,12H2. The Morgan fingerprint density at radius 3 is 2.75 bits per heavy atom. The zero-order valence-corrected chi connectivity index (χ0v) is 8.47. The minimum absolute atomic E-state index is 0.123. The summed E-state index contributed by atoms with van der Waals surface area (Å²) < 4.78 is 13.2. The summed E-state index contributed by atoms with van der Waals surface area (Å²) in [6.45, 7) is 0.213. The average Bonchev–Trinajstić information content (AvgIpc) is 2.28. The first kappa shape index (κ1) is 12.5. The predicted octanol–water partition coefficient (Wildman–Crippen LogP) is -0.165. The van der Waals surface area contributed by atoms with Crippen LogP contribution in [-0.2, 0) is 0 Å². The van der Waals surface area contributed by atoms with Gasteiger partial charge in [-0.25, -0.2) is 9.37 Å². The van der Waals surface area contributed by atoms with Gasteiger partial charge in [-0.1, -0.05) is 0 Å². The van der Waals surface area contributed by atoms with Crippen molar-refractivity contribution in [1.82, 2.24) is 4.98 Å². The number of pyridine rings is 1. The molecule has 0 radical (unpaired) electrons. The summed E-state index contributed by atoms with van der Waals surface area (Å²) in [5.74, 6) is -0.820. The molecule has 2 unspecified atom stereocenters. The number of aliphatic hydroxyl groups excluding tert-OH is 2. The fourth-order valence-corrected chi connectivity index (χ4v) is 1.25. The Kier molecular flexibility index (Phi) is 4.31. The topological polar surface area (TPSA) is 103 Å². The lowest BCUT2D eigenvalue weighted by molar-refractivity contribution is 0.0146. The fourth-order valence-electron chi connectivity index (χ4n) is 1.25. The maximum Gasteiger partial charge on any atom is 0.176 e. The molecule has 0 aliphatic carbocycles. The third-order valence-electron chi connectivity index (χ3n) is 2.14. The molecule has 4 N–H and O–H groups in total. The summed E-state index contributed by atoms with van der Waals surface area (Å²) in [5.41, 5.74) is 5.00. The molecule has 86 valence electrons. The lowest BCUT2D eigenvalue weighted by Crippen LogP contribution is -2.22. The van der Waals surface area contributed by atoms with Crippen LogP contribution >= 0.6 is 0 Å². The molecule has 0 saturated heterocycles. The van der Waals surface area contributed by atoms with Gasteiger partial charge in [0, 0.05) is 11.8 Å². The van der Waals surface area contributed by atoms with E-state index in [1.54, 1.807) is 6.07 Å². The largest absolute Gasteiger partial charge is 0.390 e. The smallest absolute Gasteiger partial charge is 0.176 e. The van der Waals surface area contributed by atoms with E-state index in [9.17, 15) is 14.6 Å². The highest BCUT2D eigenvalue weighted by atomic mass is 19.1. The second-order valence-corrected chi connectivity index (χ2v) is 3.30. The van der Waals surface area contributed by atoms with Crippen molar-refractivity contribution in [3.8, 4) is 6.07 Å². The lowest BCUT2D eigenvalue weighted by atomic mass is 10.0. The first-order valence-corrected chi connectivity index (χ1v) is 4.72. The molecule has 0 bridgehead atoms. The normalized spacial score (nSPS) is 14.2. The van der Waals surface area contributed by atoms with Gasteiger partial charge in [-0.15, -0.1) is 0 Å². The second kappa shape index (κ2) is 5.51.